The molecule has 2 saturated carbocycles. The standard InChI is InChI=1S/C23H29FN2O5S/c1-15(18-4-5-19(24)20(12-18)31-13-17-2-3-17)14-32(29,30)11-8-16-6-9-23(10-7-16)21(27)25-22(28)26-23/h4-5,8,12,15,17H,2-3,6-7,9-11,13-14H2,1H3,(H2,25,26,27,28)/t15-,23?/m0/s1. The largest absolute Gasteiger partial charge is 0.490 e. The Bertz CT molecular complexity index is 1040. The minimum atomic E-state index is -3.37. The number of benzene rings is 1. The summed E-state index contributed by atoms with van der Waals surface area (Å²) in [5, 5.41) is 4.97. The van der Waals surface area contributed by atoms with Crippen LogP contribution in [-0.4, -0.2) is 44.0 Å². The first-order chi connectivity index (χ1) is 15.2. The number of carbonyl (C=O) groups excluding carboxylic acids is 2. The lowest BCUT2D eigenvalue weighted by Gasteiger charge is -2.31. The van der Waals surface area contributed by atoms with Gasteiger partial charge in [-0.15, -0.1) is 0 Å². The number of allylic oxidation sites excluding steroid dienone is 1. The van der Waals surface area contributed by atoms with E-state index in [0.29, 0.717) is 38.2 Å². The van der Waals surface area contributed by atoms with Gasteiger partial charge in [0.1, 0.15) is 5.54 Å². The van der Waals surface area contributed by atoms with E-state index in [1.807, 2.05) is 6.92 Å². The van der Waals surface area contributed by atoms with E-state index < -0.39 is 27.2 Å². The highest BCUT2D eigenvalue weighted by Gasteiger charge is 2.47. The number of nitrogens with one attached hydrogen (secondary N) is 2. The molecule has 3 fully saturated rings. The Balaban J connectivity index is 1.32. The third-order valence-corrected chi connectivity index (χ3v) is 8.27. The van der Waals surface area contributed by atoms with Crippen LogP contribution in [0, 0.1) is 11.7 Å². The third-order valence-electron chi connectivity index (χ3n) is 6.59. The van der Waals surface area contributed by atoms with Gasteiger partial charge in [0.25, 0.3) is 5.91 Å². The number of ether oxygens (including phenoxy) is 1. The first-order valence-electron chi connectivity index (χ1n) is 11.1. The minimum absolute atomic E-state index is 0.0487. The molecular formula is C23H29FN2O5S. The van der Waals surface area contributed by atoms with Gasteiger partial charge in [0, 0.05) is 0 Å². The summed E-state index contributed by atoms with van der Waals surface area (Å²) in [6.45, 7) is 2.31. The fraction of sp³-hybridized carbons (Fsp3) is 0.565. The molecule has 0 aromatic heterocycles. The lowest BCUT2D eigenvalue weighted by atomic mass is 9.79. The van der Waals surface area contributed by atoms with E-state index >= 15 is 0 Å². The Hall–Kier alpha value is -2.42. The molecule has 0 unspecified atom stereocenters. The van der Waals surface area contributed by atoms with Crippen LogP contribution in [0.5, 0.6) is 5.75 Å². The number of halogens is 1. The van der Waals surface area contributed by atoms with Gasteiger partial charge in [0.2, 0.25) is 0 Å². The lowest BCUT2D eigenvalue weighted by molar-refractivity contribution is -0.124. The summed E-state index contributed by atoms with van der Waals surface area (Å²) in [7, 11) is -3.37. The fourth-order valence-electron chi connectivity index (χ4n) is 4.30. The molecule has 32 heavy (non-hydrogen) atoms. The second-order valence-corrected chi connectivity index (χ2v) is 11.4. The van der Waals surface area contributed by atoms with Crippen LogP contribution in [-0.2, 0) is 14.6 Å². The molecule has 0 bridgehead atoms. The molecule has 1 aliphatic heterocycles. The third kappa shape index (κ3) is 5.31. The second-order valence-electron chi connectivity index (χ2n) is 9.27. The summed E-state index contributed by atoms with van der Waals surface area (Å²) in [5.74, 6) is -0.483. The van der Waals surface area contributed by atoms with Crippen molar-refractivity contribution >= 4 is 21.8 Å². The second kappa shape index (κ2) is 8.84. The van der Waals surface area contributed by atoms with Crippen molar-refractivity contribution in [3.63, 3.8) is 0 Å². The molecule has 174 valence electrons. The molecule has 2 N–H and O–H groups in total. The molecule has 3 amide bonds. The highest BCUT2D eigenvalue weighted by Crippen LogP contribution is 2.34. The van der Waals surface area contributed by atoms with Crippen molar-refractivity contribution in [1.29, 1.82) is 0 Å². The Kier molecular flexibility index (Phi) is 6.29. The van der Waals surface area contributed by atoms with E-state index in [9.17, 15) is 22.4 Å². The molecule has 0 radical (unpaired) electrons. The van der Waals surface area contributed by atoms with Crippen LogP contribution < -0.4 is 15.4 Å². The maximum atomic E-state index is 14.0. The lowest BCUT2D eigenvalue weighted by Crippen LogP contribution is -2.48. The molecule has 1 aromatic rings. The molecule has 2 aliphatic carbocycles. The molecule has 1 atom stereocenters. The van der Waals surface area contributed by atoms with Gasteiger partial charge in [-0.2, -0.15) is 0 Å². The van der Waals surface area contributed by atoms with Crippen LogP contribution in [0.1, 0.15) is 56.9 Å². The van der Waals surface area contributed by atoms with Gasteiger partial charge in [-0.3, -0.25) is 10.1 Å². The zero-order valence-electron chi connectivity index (χ0n) is 18.2. The number of hydrogen-bond acceptors (Lipinski definition) is 5. The average molecular weight is 465 g/mol. The molecule has 7 nitrogen and oxygen atoms in total. The topological polar surface area (TPSA) is 102 Å². The predicted molar refractivity (Wildman–Crippen MR) is 118 cm³/mol. The van der Waals surface area contributed by atoms with Gasteiger partial charge in [-0.05, 0) is 68.1 Å². The zero-order chi connectivity index (χ0) is 22.9. The molecular weight excluding hydrogens is 435 g/mol. The monoisotopic (exact) mass is 464 g/mol. The Labute approximate surface area is 187 Å². The van der Waals surface area contributed by atoms with E-state index in [-0.39, 0.29) is 29.1 Å². The number of carbonyl (C=O) groups is 2. The normalized spacial score (nSPS) is 24.2. The van der Waals surface area contributed by atoms with Crippen LogP contribution in [0.25, 0.3) is 0 Å². The maximum Gasteiger partial charge on any atom is 0.322 e. The van der Waals surface area contributed by atoms with Gasteiger partial charge >= 0.3 is 6.03 Å². The molecule has 1 spiro atoms. The maximum absolute atomic E-state index is 14.0. The van der Waals surface area contributed by atoms with Gasteiger partial charge in [-0.1, -0.05) is 24.6 Å². The van der Waals surface area contributed by atoms with Crippen molar-refractivity contribution in [2.45, 2.75) is 56.9 Å². The SMILES string of the molecule is C[C@@H](CS(=O)(=O)CC=C1CCC2(CC1)NC(=O)NC2=O)c1ccc(F)c(OCC2CC2)c1. The number of hydrogen-bond donors (Lipinski definition) is 2. The summed E-state index contributed by atoms with van der Waals surface area (Å²) < 4.78 is 45.0. The highest BCUT2D eigenvalue weighted by atomic mass is 32.2. The fourth-order valence-corrected chi connectivity index (χ4v) is 5.88. The zero-order valence-corrected chi connectivity index (χ0v) is 19.0. The van der Waals surface area contributed by atoms with Crippen LogP contribution in [0.2, 0.25) is 0 Å². The smallest absolute Gasteiger partial charge is 0.322 e. The summed E-state index contributed by atoms with van der Waals surface area (Å²) >= 11 is 0. The van der Waals surface area contributed by atoms with Crippen LogP contribution in [0.3, 0.4) is 0 Å². The van der Waals surface area contributed by atoms with Gasteiger partial charge in [-0.25, -0.2) is 17.6 Å². The summed E-state index contributed by atoms with van der Waals surface area (Å²) in [4.78, 5) is 23.4. The summed E-state index contributed by atoms with van der Waals surface area (Å²) in [6.07, 6.45) is 6.01. The van der Waals surface area contributed by atoms with Gasteiger partial charge in [0.15, 0.2) is 21.4 Å². The van der Waals surface area contributed by atoms with E-state index in [4.69, 9.17) is 4.74 Å². The molecule has 1 saturated heterocycles. The average Bonchev–Trinajstić information content (AvgIpc) is 3.52. The van der Waals surface area contributed by atoms with E-state index in [2.05, 4.69) is 10.6 Å². The molecule has 4 rings (SSSR count). The van der Waals surface area contributed by atoms with Gasteiger partial charge < -0.3 is 10.1 Å². The van der Waals surface area contributed by atoms with E-state index in [1.165, 1.54) is 6.07 Å². The van der Waals surface area contributed by atoms with E-state index in [0.717, 1.165) is 24.0 Å². The van der Waals surface area contributed by atoms with E-state index in [1.54, 1.807) is 18.2 Å². The molecule has 1 aromatic carbocycles. The first-order valence-corrected chi connectivity index (χ1v) is 12.9. The molecule has 3 aliphatic rings. The van der Waals surface area contributed by atoms with Crippen molar-refractivity contribution in [2.75, 3.05) is 18.1 Å². The van der Waals surface area contributed by atoms with Crippen LogP contribution in [0.15, 0.2) is 29.8 Å². The number of rotatable bonds is 8. The number of sulfone groups is 1. The van der Waals surface area contributed by atoms with Crippen molar-refractivity contribution in [1.82, 2.24) is 10.6 Å². The van der Waals surface area contributed by atoms with Crippen LogP contribution in [0.4, 0.5) is 9.18 Å². The van der Waals surface area contributed by atoms with Gasteiger partial charge in [0.05, 0.1) is 18.1 Å². The number of imide groups is 1. The van der Waals surface area contributed by atoms with Crippen molar-refractivity contribution < 1.29 is 27.1 Å². The minimum Gasteiger partial charge on any atom is -0.490 e. The Morgan fingerprint density at radius 2 is 1.97 bits per heavy atom. The van der Waals surface area contributed by atoms with Crippen molar-refractivity contribution in [2.24, 2.45) is 5.92 Å². The highest BCUT2D eigenvalue weighted by molar-refractivity contribution is 7.91. The summed E-state index contributed by atoms with van der Waals surface area (Å²) in [5.41, 5.74) is 0.860. The van der Waals surface area contributed by atoms with Crippen molar-refractivity contribution in [3.8, 4) is 5.75 Å². The molecule has 9 heteroatoms. The molecule has 1 heterocycles. The summed E-state index contributed by atoms with van der Waals surface area (Å²) in [6, 6.07) is 4.08. The quantitative estimate of drug-likeness (QED) is 0.454. The predicted octanol–water partition coefficient (Wildman–Crippen LogP) is 3.21. The van der Waals surface area contributed by atoms with Crippen molar-refractivity contribution in [3.05, 3.63) is 41.2 Å². The first kappa shape index (κ1) is 22.8. The Morgan fingerprint density at radius 3 is 2.59 bits per heavy atom. The Morgan fingerprint density at radius 1 is 1.25 bits per heavy atom. The van der Waals surface area contributed by atoms with Crippen LogP contribution >= 0.6 is 0 Å². The number of urea groups is 1. The number of amides is 3.